The number of halogens is 1. The minimum absolute atomic E-state index is 0.00878. The molecule has 3 aliphatic rings. The van der Waals surface area contributed by atoms with Crippen molar-refractivity contribution < 1.29 is 18.7 Å². The number of likely N-dealkylation sites (tertiary alicyclic amines) is 1. The minimum Gasteiger partial charge on any atom is -0.487 e. The van der Waals surface area contributed by atoms with Gasteiger partial charge in [0.25, 0.3) is 5.91 Å². The molecule has 1 spiro atoms. The zero-order valence-electron chi connectivity index (χ0n) is 17.6. The van der Waals surface area contributed by atoms with Gasteiger partial charge < -0.3 is 18.8 Å². The van der Waals surface area contributed by atoms with Gasteiger partial charge in [-0.1, -0.05) is 11.6 Å². The lowest BCUT2D eigenvalue weighted by Crippen LogP contribution is -2.54. The third-order valence-electron chi connectivity index (χ3n) is 7.19. The molecule has 2 atom stereocenters. The summed E-state index contributed by atoms with van der Waals surface area (Å²) in [6.07, 6.45) is 4.17. The summed E-state index contributed by atoms with van der Waals surface area (Å²) >= 11 is 6.26. The van der Waals surface area contributed by atoms with E-state index < -0.39 is 0 Å². The SMILES string of the molecule is Cc1ocnc1C(=O)N1CCC2(CC1)CO[C@@H]1c3cc(Cl)ccc3OC(C)(C)[C@H]1C2. The molecule has 0 unspecified atom stereocenters. The molecule has 0 saturated carbocycles. The third kappa shape index (κ3) is 3.21. The van der Waals surface area contributed by atoms with Gasteiger partial charge in [0.1, 0.15) is 17.1 Å². The first-order chi connectivity index (χ1) is 14.3. The molecule has 2 fully saturated rings. The van der Waals surface area contributed by atoms with Crippen molar-refractivity contribution in [3.63, 3.8) is 0 Å². The molecule has 5 rings (SSSR count). The Morgan fingerprint density at radius 1 is 1.27 bits per heavy atom. The van der Waals surface area contributed by atoms with E-state index in [1.54, 1.807) is 6.92 Å². The van der Waals surface area contributed by atoms with Gasteiger partial charge in [-0.2, -0.15) is 0 Å². The van der Waals surface area contributed by atoms with Crippen LogP contribution < -0.4 is 4.74 Å². The number of fused-ring (bicyclic) bond motifs is 3. The molecule has 30 heavy (non-hydrogen) atoms. The van der Waals surface area contributed by atoms with Crippen molar-refractivity contribution >= 4 is 17.5 Å². The van der Waals surface area contributed by atoms with E-state index in [4.69, 9.17) is 25.5 Å². The number of oxazole rings is 1. The van der Waals surface area contributed by atoms with Crippen LogP contribution in [0.5, 0.6) is 5.75 Å². The summed E-state index contributed by atoms with van der Waals surface area (Å²) < 4.78 is 18.1. The first-order valence-corrected chi connectivity index (χ1v) is 11.0. The van der Waals surface area contributed by atoms with Gasteiger partial charge in [-0.05, 0) is 63.6 Å². The Morgan fingerprint density at radius 3 is 2.73 bits per heavy atom. The smallest absolute Gasteiger partial charge is 0.276 e. The number of amides is 1. The summed E-state index contributed by atoms with van der Waals surface area (Å²) in [4.78, 5) is 18.8. The van der Waals surface area contributed by atoms with Gasteiger partial charge in [0.05, 0.1) is 12.7 Å². The molecule has 1 amide bonds. The number of hydrogen-bond acceptors (Lipinski definition) is 5. The molecule has 6 nitrogen and oxygen atoms in total. The van der Waals surface area contributed by atoms with Crippen LogP contribution in [0.1, 0.15) is 61.0 Å². The second-order valence-corrected chi connectivity index (χ2v) is 9.92. The molecule has 0 aliphatic carbocycles. The van der Waals surface area contributed by atoms with Crippen LogP contribution in [0.25, 0.3) is 0 Å². The van der Waals surface area contributed by atoms with Crippen molar-refractivity contribution in [2.75, 3.05) is 19.7 Å². The number of carbonyl (C=O) groups excluding carboxylic acids is 1. The Morgan fingerprint density at radius 2 is 2.03 bits per heavy atom. The van der Waals surface area contributed by atoms with Gasteiger partial charge in [0, 0.05) is 29.6 Å². The lowest BCUT2D eigenvalue weighted by atomic mass is 9.64. The van der Waals surface area contributed by atoms with E-state index in [-0.39, 0.29) is 28.9 Å². The van der Waals surface area contributed by atoms with Crippen molar-refractivity contribution in [1.29, 1.82) is 0 Å². The van der Waals surface area contributed by atoms with Crippen LogP contribution in [-0.2, 0) is 4.74 Å². The molecule has 2 aromatic rings. The van der Waals surface area contributed by atoms with E-state index in [1.165, 1.54) is 6.39 Å². The number of aryl methyl sites for hydroxylation is 1. The van der Waals surface area contributed by atoms with E-state index in [9.17, 15) is 4.79 Å². The Balaban J connectivity index is 1.33. The summed E-state index contributed by atoms with van der Waals surface area (Å²) in [6, 6.07) is 5.78. The number of nitrogens with zero attached hydrogens (tertiary/aromatic N) is 2. The highest BCUT2D eigenvalue weighted by Gasteiger charge is 2.53. The molecular weight excluding hydrogens is 404 g/mol. The van der Waals surface area contributed by atoms with Crippen LogP contribution in [0.15, 0.2) is 29.0 Å². The van der Waals surface area contributed by atoms with E-state index in [1.807, 2.05) is 23.1 Å². The molecule has 0 bridgehead atoms. The average molecular weight is 431 g/mol. The van der Waals surface area contributed by atoms with Crippen molar-refractivity contribution in [2.24, 2.45) is 11.3 Å². The fraction of sp³-hybridized carbons (Fsp3) is 0.565. The number of aromatic nitrogens is 1. The maximum atomic E-state index is 12.8. The maximum absolute atomic E-state index is 12.8. The summed E-state index contributed by atoms with van der Waals surface area (Å²) in [5.41, 5.74) is 1.20. The highest BCUT2D eigenvalue weighted by Crippen LogP contribution is 2.55. The molecular formula is C23H27ClN2O4. The molecule has 0 radical (unpaired) electrons. The fourth-order valence-electron chi connectivity index (χ4n) is 5.32. The summed E-state index contributed by atoms with van der Waals surface area (Å²) in [5.74, 6) is 1.63. The normalized spacial score (nSPS) is 26.6. The van der Waals surface area contributed by atoms with Gasteiger partial charge in [0.2, 0.25) is 0 Å². The molecule has 160 valence electrons. The minimum atomic E-state index is -0.330. The zero-order chi connectivity index (χ0) is 21.1. The second kappa shape index (κ2) is 6.99. The molecule has 1 aromatic carbocycles. The maximum Gasteiger partial charge on any atom is 0.276 e. The molecule has 2 saturated heterocycles. The van der Waals surface area contributed by atoms with Gasteiger partial charge in [-0.15, -0.1) is 0 Å². The quantitative estimate of drug-likeness (QED) is 0.649. The lowest BCUT2D eigenvalue weighted by Gasteiger charge is -2.54. The average Bonchev–Trinajstić information content (AvgIpc) is 3.15. The largest absolute Gasteiger partial charge is 0.487 e. The van der Waals surface area contributed by atoms with Gasteiger partial charge in [0.15, 0.2) is 12.1 Å². The number of carbonyl (C=O) groups is 1. The van der Waals surface area contributed by atoms with Crippen LogP contribution >= 0.6 is 11.6 Å². The van der Waals surface area contributed by atoms with Crippen molar-refractivity contribution in [1.82, 2.24) is 9.88 Å². The molecule has 4 heterocycles. The molecule has 3 aliphatic heterocycles. The Bertz CT molecular complexity index is 977. The van der Waals surface area contributed by atoms with Crippen LogP contribution in [0.3, 0.4) is 0 Å². The van der Waals surface area contributed by atoms with Gasteiger partial charge in [-0.25, -0.2) is 4.98 Å². The van der Waals surface area contributed by atoms with Crippen molar-refractivity contribution in [3.05, 3.63) is 46.6 Å². The zero-order valence-corrected chi connectivity index (χ0v) is 18.4. The Hall–Kier alpha value is -2.05. The monoisotopic (exact) mass is 430 g/mol. The summed E-state index contributed by atoms with van der Waals surface area (Å²) in [6.45, 7) is 8.18. The highest BCUT2D eigenvalue weighted by atomic mass is 35.5. The Kier molecular flexibility index (Phi) is 4.63. The number of rotatable bonds is 1. The molecule has 1 aromatic heterocycles. The lowest BCUT2D eigenvalue weighted by molar-refractivity contribution is -0.173. The fourth-order valence-corrected chi connectivity index (χ4v) is 5.50. The predicted octanol–water partition coefficient (Wildman–Crippen LogP) is 4.81. The number of piperidine rings is 1. The Labute approximate surface area is 181 Å². The van der Waals surface area contributed by atoms with E-state index in [2.05, 4.69) is 18.8 Å². The van der Waals surface area contributed by atoms with Crippen molar-refractivity contribution in [3.8, 4) is 5.75 Å². The standard InChI is InChI=1S/C23H27ClN2O4/c1-14-19(25-13-29-14)21(27)26-8-6-23(7-9-26)11-17-20(28-12-23)16-10-15(24)4-5-18(16)30-22(17,2)3/h4-5,10,13,17,20H,6-9,11-12H2,1-3H3/t17-,20+/m0/s1. The number of ether oxygens (including phenoxy) is 2. The van der Waals surface area contributed by atoms with Crippen LogP contribution in [0, 0.1) is 18.3 Å². The second-order valence-electron chi connectivity index (χ2n) is 9.48. The van der Waals surface area contributed by atoms with E-state index in [0.717, 1.165) is 30.6 Å². The predicted molar refractivity (Wildman–Crippen MR) is 112 cm³/mol. The summed E-state index contributed by atoms with van der Waals surface area (Å²) in [7, 11) is 0. The van der Waals surface area contributed by atoms with Crippen LogP contribution in [0.4, 0.5) is 0 Å². The first kappa shape index (κ1) is 19.9. The molecule has 0 N–H and O–H groups in total. The topological polar surface area (TPSA) is 64.8 Å². The van der Waals surface area contributed by atoms with Crippen LogP contribution in [-0.4, -0.2) is 41.1 Å². The third-order valence-corrected chi connectivity index (χ3v) is 7.43. The first-order valence-electron chi connectivity index (χ1n) is 10.6. The number of benzene rings is 1. The van der Waals surface area contributed by atoms with Gasteiger partial charge in [-0.3, -0.25) is 4.79 Å². The van der Waals surface area contributed by atoms with E-state index >= 15 is 0 Å². The van der Waals surface area contributed by atoms with Crippen molar-refractivity contribution in [2.45, 2.75) is 51.7 Å². The van der Waals surface area contributed by atoms with E-state index in [0.29, 0.717) is 36.2 Å². The van der Waals surface area contributed by atoms with Gasteiger partial charge >= 0.3 is 0 Å². The van der Waals surface area contributed by atoms with Crippen LogP contribution in [0.2, 0.25) is 5.02 Å². The highest BCUT2D eigenvalue weighted by molar-refractivity contribution is 6.30. The summed E-state index contributed by atoms with van der Waals surface area (Å²) in [5, 5.41) is 0.703. The number of hydrogen-bond donors (Lipinski definition) is 0. The molecule has 7 heteroatoms.